The highest BCUT2D eigenvalue weighted by atomic mass is 32.4. The number of hydrogen-bond acceptors (Lipinski definition) is 1. The van der Waals surface area contributed by atoms with Gasteiger partial charge < -0.3 is 9.79 Å². The molecule has 0 unspecified atom stereocenters. The summed E-state index contributed by atoms with van der Waals surface area (Å²) in [5.74, 6) is 0. The number of rotatable bonds is 0. The fraction of sp³-hybridized carbons (Fsp3) is 0.143. The third kappa shape index (κ3) is 9.79. The second-order valence-electron chi connectivity index (χ2n) is 1.94. The summed E-state index contributed by atoms with van der Waals surface area (Å²) in [6.45, 7) is 2.08. The van der Waals surface area contributed by atoms with Crippen LogP contribution in [0.1, 0.15) is 5.56 Å². The first kappa shape index (κ1) is 10.8. The van der Waals surface area contributed by atoms with Crippen molar-refractivity contribution >= 4 is 19.0 Å². The van der Waals surface area contributed by atoms with Crippen molar-refractivity contribution in [1.29, 1.82) is 0 Å². The molecule has 0 saturated heterocycles. The van der Waals surface area contributed by atoms with E-state index in [9.17, 15) is 0 Å². The van der Waals surface area contributed by atoms with E-state index in [4.69, 9.17) is 9.79 Å². The standard InChI is InChI=1S/C7H8.H3O2PS/c1-7-5-3-2-4-6-7;1-3(2)4/h2-6H,1H3;3H,(H2,1,2,4). The summed E-state index contributed by atoms with van der Waals surface area (Å²) in [5.41, 5.74) is 1.32. The molecule has 1 rings (SSSR count). The second-order valence-corrected chi connectivity index (χ2v) is 3.60. The second kappa shape index (κ2) is 6.50. The molecule has 0 aliphatic carbocycles. The summed E-state index contributed by atoms with van der Waals surface area (Å²) in [4.78, 5) is 15.1. The minimum atomic E-state index is -2.30. The van der Waals surface area contributed by atoms with Gasteiger partial charge in [-0.05, 0) is 18.7 Å². The van der Waals surface area contributed by atoms with Gasteiger partial charge in [-0.25, -0.2) is 0 Å². The van der Waals surface area contributed by atoms with Gasteiger partial charge in [0.15, 0.2) is 7.15 Å². The average Bonchev–Trinajstić information content (AvgIpc) is 1.87. The highest BCUT2D eigenvalue weighted by molar-refractivity contribution is 7.99. The van der Waals surface area contributed by atoms with Crippen molar-refractivity contribution in [2.75, 3.05) is 0 Å². The van der Waals surface area contributed by atoms with Gasteiger partial charge in [-0.1, -0.05) is 35.9 Å². The van der Waals surface area contributed by atoms with Crippen LogP contribution in [0, 0.1) is 6.92 Å². The summed E-state index contributed by atoms with van der Waals surface area (Å²) in [5, 5.41) is 0. The Hall–Kier alpha value is -0.210. The van der Waals surface area contributed by atoms with Gasteiger partial charge in [0, 0.05) is 0 Å². The summed E-state index contributed by atoms with van der Waals surface area (Å²) in [6.07, 6.45) is 0. The van der Waals surface area contributed by atoms with Crippen LogP contribution in [-0.2, 0) is 11.8 Å². The van der Waals surface area contributed by atoms with Crippen molar-refractivity contribution in [2.45, 2.75) is 6.92 Å². The van der Waals surface area contributed by atoms with Crippen LogP contribution in [-0.4, -0.2) is 9.79 Å². The van der Waals surface area contributed by atoms with Crippen molar-refractivity contribution in [3.8, 4) is 0 Å². The van der Waals surface area contributed by atoms with Gasteiger partial charge in [-0.2, -0.15) is 0 Å². The van der Waals surface area contributed by atoms with E-state index in [1.807, 2.05) is 18.2 Å². The third-order valence-corrected chi connectivity index (χ3v) is 0.940. The Morgan fingerprint density at radius 1 is 1.18 bits per heavy atom. The fourth-order valence-electron chi connectivity index (χ4n) is 0.534. The van der Waals surface area contributed by atoms with Gasteiger partial charge in [-0.3, -0.25) is 0 Å². The predicted molar refractivity (Wildman–Crippen MR) is 51.3 cm³/mol. The Morgan fingerprint density at radius 2 is 1.55 bits per heavy atom. The lowest BCUT2D eigenvalue weighted by molar-refractivity contribution is 0.509. The Kier molecular flexibility index (Phi) is 6.37. The van der Waals surface area contributed by atoms with E-state index in [0.717, 1.165) is 0 Å². The van der Waals surface area contributed by atoms with Gasteiger partial charge >= 0.3 is 0 Å². The molecule has 2 N–H and O–H groups in total. The Balaban J connectivity index is 0.000000218. The lowest BCUT2D eigenvalue weighted by atomic mass is 10.2. The van der Waals surface area contributed by atoms with Crippen LogP contribution >= 0.6 is 7.15 Å². The van der Waals surface area contributed by atoms with Crippen LogP contribution in [0.15, 0.2) is 30.3 Å². The smallest absolute Gasteiger partial charge is 0.170 e. The Morgan fingerprint density at radius 3 is 1.73 bits per heavy atom. The van der Waals surface area contributed by atoms with E-state index < -0.39 is 7.15 Å². The summed E-state index contributed by atoms with van der Waals surface area (Å²) in [6, 6.07) is 10.3. The lowest BCUT2D eigenvalue weighted by Crippen LogP contribution is -1.62. The Labute approximate surface area is 72.1 Å². The predicted octanol–water partition coefficient (Wildman–Crippen LogP) is 1.47. The number of benzene rings is 1. The van der Waals surface area contributed by atoms with Gasteiger partial charge in [0.1, 0.15) is 0 Å². The molecular weight excluding hydrogens is 179 g/mol. The van der Waals surface area contributed by atoms with Crippen molar-refractivity contribution < 1.29 is 9.79 Å². The Bertz CT molecular complexity index is 209. The molecule has 0 heterocycles. The van der Waals surface area contributed by atoms with Gasteiger partial charge in [0.25, 0.3) is 0 Å². The minimum Gasteiger partial charge on any atom is -0.347 e. The molecule has 62 valence electrons. The molecule has 0 bridgehead atoms. The topological polar surface area (TPSA) is 40.5 Å². The molecule has 0 aromatic heterocycles. The molecule has 1 aromatic carbocycles. The highest BCUT2D eigenvalue weighted by Crippen LogP contribution is 1.99. The quantitative estimate of drug-likeness (QED) is 0.609. The van der Waals surface area contributed by atoms with E-state index in [2.05, 4.69) is 30.9 Å². The highest BCUT2D eigenvalue weighted by Gasteiger charge is 1.72. The molecule has 0 amide bonds. The molecule has 0 aliphatic rings. The largest absolute Gasteiger partial charge is 0.347 e. The molecule has 0 atom stereocenters. The average molecular weight is 190 g/mol. The third-order valence-electron chi connectivity index (χ3n) is 0.940. The first-order valence-corrected chi connectivity index (χ1v) is 5.59. The lowest BCUT2D eigenvalue weighted by Gasteiger charge is -1.82. The van der Waals surface area contributed by atoms with E-state index in [-0.39, 0.29) is 0 Å². The molecule has 0 spiro atoms. The van der Waals surface area contributed by atoms with E-state index in [0.29, 0.717) is 0 Å². The molecule has 2 nitrogen and oxygen atoms in total. The van der Waals surface area contributed by atoms with Crippen molar-refractivity contribution in [3.63, 3.8) is 0 Å². The zero-order valence-corrected chi connectivity index (χ0v) is 8.01. The molecule has 0 fully saturated rings. The normalized spacial score (nSPS) is 8.73. The number of hydrogen-bond donors (Lipinski definition) is 2. The van der Waals surface area contributed by atoms with Gasteiger partial charge in [0.2, 0.25) is 0 Å². The first-order valence-electron chi connectivity index (χ1n) is 3.06. The van der Waals surface area contributed by atoms with Crippen LogP contribution < -0.4 is 0 Å². The van der Waals surface area contributed by atoms with Crippen molar-refractivity contribution in [3.05, 3.63) is 35.9 Å². The summed E-state index contributed by atoms with van der Waals surface area (Å²) in [7, 11) is -2.30. The molecule has 0 saturated carbocycles. The zero-order valence-electron chi connectivity index (χ0n) is 6.19. The minimum absolute atomic E-state index is 1.32. The van der Waals surface area contributed by atoms with Crippen LogP contribution in [0.4, 0.5) is 0 Å². The van der Waals surface area contributed by atoms with Gasteiger partial charge in [0.05, 0.1) is 0 Å². The zero-order chi connectivity index (χ0) is 8.69. The first-order chi connectivity index (χ1) is 5.13. The maximum atomic E-state index is 7.53. The van der Waals surface area contributed by atoms with Gasteiger partial charge in [-0.15, -0.1) is 0 Å². The molecule has 0 aliphatic heterocycles. The van der Waals surface area contributed by atoms with E-state index in [1.165, 1.54) is 5.56 Å². The summed E-state index contributed by atoms with van der Waals surface area (Å²) >= 11 is 3.83. The molecule has 11 heavy (non-hydrogen) atoms. The van der Waals surface area contributed by atoms with Crippen LogP contribution in [0.5, 0.6) is 0 Å². The SMILES string of the molecule is Cc1ccccc1.O[PH](O)=S. The van der Waals surface area contributed by atoms with Crippen molar-refractivity contribution in [1.82, 2.24) is 0 Å². The van der Waals surface area contributed by atoms with Crippen LogP contribution in [0.2, 0.25) is 0 Å². The molecule has 1 aromatic rings. The van der Waals surface area contributed by atoms with Crippen LogP contribution in [0.3, 0.4) is 0 Å². The van der Waals surface area contributed by atoms with E-state index in [1.54, 1.807) is 0 Å². The fourth-order valence-corrected chi connectivity index (χ4v) is 0.534. The molecule has 0 radical (unpaired) electrons. The monoisotopic (exact) mass is 190 g/mol. The molecule has 4 heteroatoms. The van der Waals surface area contributed by atoms with E-state index >= 15 is 0 Å². The maximum absolute atomic E-state index is 7.53. The molecular formula is C7H11O2PS. The maximum Gasteiger partial charge on any atom is 0.170 e. The number of aryl methyl sites for hydroxylation is 1. The van der Waals surface area contributed by atoms with Crippen LogP contribution in [0.25, 0.3) is 0 Å². The summed E-state index contributed by atoms with van der Waals surface area (Å²) < 4.78 is 0. The van der Waals surface area contributed by atoms with Crippen molar-refractivity contribution in [2.24, 2.45) is 0 Å².